The van der Waals surface area contributed by atoms with Gasteiger partial charge in [-0.05, 0) is 19.3 Å². The van der Waals surface area contributed by atoms with E-state index in [1.807, 2.05) is 0 Å². The van der Waals surface area contributed by atoms with Crippen molar-refractivity contribution in [1.29, 1.82) is 0 Å². The van der Waals surface area contributed by atoms with Gasteiger partial charge in [0.2, 0.25) is 0 Å². The van der Waals surface area contributed by atoms with Gasteiger partial charge in [0.15, 0.2) is 0 Å². The zero-order chi connectivity index (χ0) is 18.8. The molecular weight excluding hydrogens is 318 g/mol. The maximum absolute atomic E-state index is 2.44. The van der Waals surface area contributed by atoms with E-state index in [4.69, 9.17) is 0 Å². The van der Waals surface area contributed by atoms with E-state index in [1.54, 1.807) is 0 Å². The number of nitrogens with zero attached hydrogens (tertiary/aromatic N) is 1. The predicted molar refractivity (Wildman–Crippen MR) is 121 cm³/mol. The number of quaternary nitrogens is 1. The van der Waals surface area contributed by atoms with Gasteiger partial charge in [-0.1, -0.05) is 104 Å². The van der Waals surface area contributed by atoms with Gasteiger partial charge in [0, 0.05) is 0 Å². The van der Waals surface area contributed by atoms with Gasteiger partial charge in [0.1, 0.15) is 0 Å². The van der Waals surface area contributed by atoms with E-state index in [-0.39, 0.29) is 0 Å². The number of unbranched alkanes of at least 4 members (excludes halogenated alkanes) is 14. The van der Waals surface area contributed by atoms with E-state index in [2.05, 4.69) is 27.9 Å². The van der Waals surface area contributed by atoms with Crippen LogP contribution in [0.3, 0.4) is 0 Å². The summed E-state index contributed by atoms with van der Waals surface area (Å²) in [6.45, 7) is 5.98. The number of hydrogen-bond donors (Lipinski definition) is 0. The molecule has 0 bridgehead atoms. The topological polar surface area (TPSA) is 0 Å². The number of hydrogen-bond acceptors (Lipinski definition) is 0. The Kier molecular flexibility index (Phi) is 17.7. The van der Waals surface area contributed by atoms with Crippen LogP contribution in [-0.4, -0.2) is 41.0 Å². The molecule has 25 heavy (non-hydrogen) atoms. The van der Waals surface area contributed by atoms with E-state index in [9.17, 15) is 0 Å². The summed E-state index contributed by atoms with van der Waals surface area (Å²) in [4.78, 5) is 0. The fraction of sp³-hybridized carbons (Fsp3) is 1.00. The molecule has 2 heteroatoms. The Hall–Kier alpha value is 0.177. The summed E-state index contributed by atoms with van der Waals surface area (Å²) in [7, 11) is 6.23. The molecule has 0 heterocycles. The molecule has 0 aliphatic heterocycles. The van der Waals surface area contributed by atoms with Gasteiger partial charge in [-0.15, -0.1) is 0 Å². The quantitative estimate of drug-likeness (QED) is 0.140. The molecular formula is C23H52NSi+. The van der Waals surface area contributed by atoms with Gasteiger partial charge < -0.3 is 4.48 Å². The molecule has 0 N–H and O–H groups in total. The third-order valence-electron chi connectivity index (χ3n) is 6.22. The monoisotopic (exact) mass is 370 g/mol. The van der Waals surface area contributed by atoms with Crippen molar-refractivity contribution >= 4 is 10.2 Å². The Morgan fingerprint density at radius 3 is 1.28 bits per heavy atom. The van der Waals surface area contributed by atoms with E-state index < -0.39 is 0 Å². The van der Waals surface area contributed by atoms with Crippen LogP contribution in [0, 0.1) is 0 Å². The Morgan fingerprint density at radius 2 is 0.920 bits per heavy atom. The minimum Gasteiger partial charge on any atom is -0.330 e. The standard InChI is InChI=1S/C23H52NSi/c1-5-7-8-9-10-11-12-13-14-15-16-17-18-19-20-21-23(25)24(3,4)22-6-2/h23H,5-22H2,1-4,25H3/q+1. The first-order chi connectivity index (χ1) is 12.0. The molecule has 0 aliphatic rings. The van der Waals surface area contributed by atoms with Gasteiger partial charge in [-0.3, -0.25) is 0 Å². The van der Waals surface area contributed by atoms with Crippen LogP contribution in [0.1, 0.15) is 123 Å². The van der Waals surface area contributed by atoms with Crippen LogP contribution >= 0.6 is 0 Å². The molecule has 0 aromatic heterocycles. The molecule has 152 valence electrons. The third-order valence-corrected chi connectivity index (χ3v) is 8.19. The highest BCUT2D eigenvalue weighted by atomic mass is 28.1. The Labute approximate surface area is 164 Å². The zero-order valence-electron chi connectivity index (χ0n) is 18.8. The van der Waals surface area contributed by atoms with Crippen molar-refractivity contribution < 1.29 is 4.48 Å². The molecule has 0 aliphatic carbocycles. The first-order valence-corrected chi connectivity index (χ1v) is 13.0. The molecule has 0 amide bonds. The molecule has 1 atom stereocenters. The minimum absolute atomic E-state index is 0.960. The van der Waals surface area contributed by atoms with Crippen molar-refractivity contribution in [3.63, 3.8) is 0 Å². The first-order valence-electron chi connectivity index (χ1n) is 11.9. The van der Waals surface area contributed by atoms with Crippen LogP contribution in [0.15, 0.2) is 0 Å². The van der Waals surface area contributed by atoms with E-state index in [1.165, 1.54) is 130 Å². The molecule has 1 nitrogen and oxygen atoms in total. The molecule has 0 saturated carbocycles. The lowest BCUT2D eigenvalue weighted by molar-refractivity contribution is -0.902. The van der Waals surface area contributed by atoms with Gasteiger partial charge in [0.05, 0.1) is 36.5 Å². The minimum atomic E-state index is 0.960. The summed E-state index contributed by atoms with van der Waals surface area (Å²) in [5, 5.41) is 0. The van der Waals surface area contributed by atoms with Gasteiger partial charge >= 0.3 is 0 Å². The zero-order valence-corrected chi connectivity index (χ0v) is 20.8. The Bertz CT molecular complexity index is 265. The van der Waals surface area contributed by atoms with Crippen LogP contribution in [0.5, 0.6) is 0 Å². The second kappa shape index (κ2) is 17.6. The molecule has 0 spiro atoms. The molecule has 0 aromatic carbocycles. The van der Waals surface area contributed by atoms with Crippen molar-refractivity contribution in [2.24, 2.45) is 0 Å². The van der Waals surface area contributed by atoms with Crippen molar-refractivity contribution in [2.45, 2.75) is 129 Å². The first kappa shape index (κ1) is 25.2. The Balaban J connectivity index is 3.24. The summed E-state index contributed by atoms with van der Waals surface area (Å²) in [6.07, 6.45) is 24.8. The molecule has 0 radical (unpaired) electrons. The average molecular weight is 371 g/mol. The lowest BCUT2D eigenvalue weighted by atomic mass is 10.0. The third kappa shape index (κ3) is 16.1. The highest BCUT2D eigenvalue weighted by Gasteiger charge is 2.21. The van der Waals surface area contributed by atoms with Crippen molar-refractivity contribution in [2.75, 3.05) is 20.6 Å². The molecule has 0 saturated heterocycles. The molecule has 0 fully saturated rings. The van der Waals surface area contributed by atoms with Crippen LogP contribution in [0.2, 0.25) is 0 Å². The van der Waals surface area contributed by atoms with Crippen LogP contribution in [0.25, 0.3) is 0 Å². The maximum Gasteiger partial charge on any atom is 0.0778 e. The summed E-state index contributed by atoms with van der Waals surface area (Å²) in [5.74, 6) is 0. The highest BCUT2D eigenvalue weighted by molar-refractivity contribution is 6.10. The Morgan fingerprint density at radius 1 is 0.560 bits per heavy atom. The van der Waals surface area contributed by atoms with E-state index >= 15 is 0 Å². The SMILES string of the molecule is CCCCCCCCCCCCCCCCCC([SiH3])[N+](C)(C)CCC. The second-order valence-corrected chi connectivity index (χ2v) is 10.4. The lowest BCUT2D eigenvalue weighted by Gasteiger charge is -2.36. The smallest absolute Gasteiger partial charge is 0.0778 e. The van der Waals surface area contributed by atoms with Crippen molar-refractivity contribution in [3.05, 3.63) is 0 Å². The summed E-state index contributed by atoms with van der Waals surface area (Å²) >= 11 is 0. The predicted octanol–water partition coefficient (Wildman–Crippen LogP) is 6.43. The van der Waals surface area contributed by atoms with Crippen LogP contribution in [0.4, 0.5) is 0 Å². The molecule has 1 unspecified atom stereocenters. The summed E-state index contributed by atoms with van der Waals surface area (Å²) in [6, 6.07) is 0. The van der Waals surface area contributed by atoms with Gasteiger partial charge in [-0.25, -0.2) is 0 Å². The fourth-order valence-corrected chi connectivity index (χ4v) is 4.62. The maximum atomic E-state index is 2.44. The van der Waals surface area contributed by atoms with Gasteiger partial charge in [-0.2, -0.15) is 0 Å². The second-order valence-electron chi connectivity index (χ2n) is 9.09. The van der Waals surface area contributed by atoms with Crippen molar-refractivity contribution in [1.82, 2.24) is 0 Å². The summed E-state index contributed by atoms with van der Waals surface area (Å²) < 4.78 is 1.27. The largest absolute Gasteiger partial charge is 0.330 e. The molecule has 0 aromatic rings. The highest BCUT2D eigenvalue weighted by Crippen LogP contribution is 2.16. The van der Waals surface area contributed by atoms with Crippen LogP contribution < -0.4 is 0 Å². The molecule has 0 rings (SSSR count). The van der Waals surface area contributed by atoms with E-state index in [0.717, 1.165) is 5.67 Å². The van der Waals surface area contributed by atoms with Crippen molar-refractivity contribution in [3.8, 4) is 0 Å². The fourth-order valence-electron chi connectivity index (χ4n) is 3.96. The average Bonchev–Trinajstić information content (AvgIpc) is 2.58. The lowest BCUT2D eigenvalue weighted by Crippen LogP contribution is -2.49. The van der Waals surface area contributed by atoms with E-state index in [0.29, 0.717) is 0 Å². The normalized spacial score (nSPS) is 13.4. The van der Waals surface area contributed by atoms with Crippen LogP contribution in [-0.2, 0) is 0 Å². The van der Waals surface area contributed by atoms with Gasteiger partial charge in [0.25, 0.3) is 0 Å². The number of rotatable bonds is 19. The summed E-state index contributed by atoms with van der Waals surface area (Å²) in [5.41, 5.74) is 0.960.